The quantitative estimate of drug-likeness (QED) is 0.622. The van der Waals surface area contributed by atoms with E-state index in [9.17, 15) is 0 Å². The summed E-state index contributed by atoms with van der Waals surface area (Å²) in [4.78, 5) is 0. The Morgan fingerprint density at radius 1 is 0.682 bits per heavy atom. The second kappa shape index (κ2) is 5.72. The number of rotatable bonds is 4. The van der Waals surface area contributed by atoms with Crippen LogP contribution in [0.15, 0.2) is 48.6 Å². The molecule has 0 bridgehead atoms. The van der Waals surface area contributed by atoms with Crippen molar-refractivity contribution in [2.24, 2.45) is 11.8 Å². The van der Waals surface area contributed by atoms with Crippen LogP contribution in [-0.4, -0.2) is 0 Å². The van der Waals surface area contributed by atoms with Gasteiger partial charge in [0.1, 0.15) is 0 Å². The molecule has 0 heteroatoms. The largest absolute Gasteiger partial charge is 0.0799 e. The number of hydrogen-bond acceptors (Lipinski definition) is 0. The molecule has 118 valence electrons. The summed E-state index contributed by atoms with van der Waals surface area (Å²) in [6, 6.07) is 9.34. The van der Waals surface area contributed by atoms with Crippen LogP contribution in [0.25, 0.3) is 0 Å². The number of fused-ring (bicyclic) bond motifs is 2. The molecule has 2 atom stereocenters. The van der Waals surface area contributed by atoms with E-state index in [4.69, 9.17) is 0 Å². The number of allylic oxidation sites excluding steroid dienone is 4. The van der Waals surface area contributed by atoms with Crippen molar-refractivity contribution in [2.45, 2.75) is 64.2 Å². The fourth-order valence-electron chi connectivity index (χ4n) is 5.58. The van der Waals surface area contributed by atoms with Crippen molar-refractivity contribution in [1.29, 1.82) is 0 Å². The van der Waals surface area contributed by atoms with Gasteiger partial charge in [-0.15, -0.1) is 0 Å². The smallest absolute Gasteiger partial charge is 0.00195 e. The third-order valence-corrected chi connectivity index (χ3v) is 6.93. The Hall–Kier alpha value is -1.30. The summed E-state index contributed by atoms with van der Waals surface area (Å²) in [6.45, 7) is 9.53. The molecule has 1 aromatic rings. The summed E-state index contributed by atoms with van der Waals surface area (Å²) in [5.41, 5.74) is 3.86. The maximum atomic E-state index is 2.51. The summed E-state index contributed by atoms with van der Waals surface area (Å²) in [5.74, 6) is 1.28. The van der Waals surface area contributed by atoms with E-state index in [2.05, 4.69) is 76.3 Å². The van der Waals surface area contributed by atoms with Crippen molar-refractivity contribution in [1.82, 2.24) is 0 Å². The Labute approximate surface area is 136 Å². The predicted octanol–water partition coefficient (Wildman–Crippen LogP) is 6.17. The van der Waals surface area contributed by atoms with Gasteiger partial charge in [-0.3, -0.25) is 0 Å². The first-order valence-electron chi connectivity index (χ1n) is 9.15. The summed E-state index contributed by atoms with van der Waals surface area (Å²) in [7, 11) is 0. The molecule has 0 nitrogen and oxygen atoms in total. The highest BCUT2D eigenvalue weighted by Gasteiger charge is 2.54. The molecule has 0 N–H and O–H groups in total. The molecule has 2 aliphatic rings. The van der Waals surface area contributed by atoms with Gasteiger partial charge in [-0.25, -0.2) is 0 Å². The minimum atomic E-state index is 0.302. The molecule has 0 amide bonds. The van der Waals surface area contributed by atoms with Gasteiger partial charge < -0.3 is 0 Å². The van der Waals surface area contributed by atoms with Crippen molar-refractivity contribution in [3.63, 3.8) is 0 Å². The van der Waals surface area contributed by atoms with Crippen LogP contribution < -0.4 is 0 Å². The Morgan fingerprint density at radius 3 is 1.36 bits per heavy atom. The van der Waals surface area contributed by atoms with E-state index in [1.54, 1.807) is 11.1 Å². The highest BCUT2D eigenvalue weighted by molar-refractivity contribution is 5.48. The topological polar surface area (TPSA) is 0 Å². The van der Waals surface area contributed by atoms with Crippen LogP contribution in [0, 0.1) is 11.8 Å². The van der Waals surface area contributed by atoms with Crippen LogP contribution in [0.4, 0.5) is 0 Å². The molecule has 0 radical (unpaired) electrons. The average Bonchev–Trinajstić information content (AvgIpc) is 2.60. The summed E-state index contributed by atoms with van der Waals surface area (Å²) in [6.07, 6.45) is 14.5. The second-order valence-corrected chi connectivity index (χ2v) is 7.09. The molecule has 0 saturated carbocycles. The zero-order valence-electron chi connectivity index (χ0n) is 14.6. The molecule has 0 spiro atoms. The van der Waals surface area contributed by atoms with Crippen molar-refractivity contribution < 1.29 is 0 Å². The van der Waals surface area contributed by atoms with Gasteiger partial charge in [0.15, 0.2) is 0 Å². The van der Waals surface area contributed by atoms with Gasteiger partial charge in [-0.2, -0.15) is 0 Å². The molecular weight excluding hydrogens is 264 g/mol. The van der Waals surface area contributed by atoms with E-state index in [0.29, 0.717) is 22.7 Å². The van der Waals surface area contributed by atoms with Crippen molar-refractivity contribution in [3.05, 3.63) is 59.7 Å². The van der Waals surface area contributed by atoms with E-state index < -0.39 is 0 Å². The van der Waals surface area contributed by atoms with E-state index in [0.717, 1.165) is 0 Å². The Bertz CT molecular complexity index is 529. The number of hydrogen-bond donors (Lipinski definition) is 0. The minimum Gasteiger partial charge on any atom is -0.0799 e. The standard InChI is InChI=1S/C22H30/c1-5-21(6-2)17-13-9-11-15-19(17)22(7-3,8-4)20-16-12-10-14-18(20)21/h9-17,19H,5-8H2,1-4H3. The first kappa shape index (κ1) is 15.6. The second-order valence-electron chi connectivity index (χ2n) is 7.09. The van der Waals surface area contributed by atoms with Crippen molar-refractivity contribution >= 4 is 0 Å². The van der Waals surface area contributed by atoms with Gasteiger partial charge in [0.25, 0.3) is 0 Å². The molecule has 0 aromatic heterocycles. The molecule has 2 unspecified atom stereocenters. The zero-order valence-corrected chi connectivity index (χ0v) is 14.6. The molecule has 3 rings (SSSR count). The van der Waals surface area contributed by atoms with Gasteiger partial charge in [-0.1, -0.05) is 76.3 Å². The van der Waals surface area contributed by atoms with E-state index in [-0.39, 0.29) is 0 Å². The fourth-order valence-corrected chi connectivity index (χ4v) is 5.58. The lowest BCUT2D eigenvalue weighted by Gasteiger charge is -2.57. The van der Waals surface area contributed by atoms with Crippen LogP contribution in [0.3, 0.4) is 0 Å². The Kier molecular flexibility index (Phi) is 4.05. The average molecular weight is 294 g/mol. The molecule has 0 heterocycles. The lowest BCUT2D eigenvalue weighted by atomic mass is 9.47. The monoisotopic (exact) mass is 294 g/mol. The third-order valence-electron chi connectivity index (χ3n) is 6.93. The van der Waals surface area contributed by atoms with E-state index in [1.807, 2.05) is 0 Å². The van der Waals surface area contributed by atoms with Gasteiger partial charge >= 0.3 is 0 Å². The fraction of sp³-hybridized carbons (Fsp3) is 0.545. The summed E-state index contributed by atoms with van der Waals surface area (Å²) < 4.78 is 0. The highest BCUT2D eigenvalue weighted by Crippen LogP contribution is 2.59. The lowest BCUT2D eigenvalue weighted by Crippen LogP contribution is -2.52. The highest BCUT2D eigenvalue weighted by atomic mass is 14.6. The normalized spacial score (nSPS) is 27.3. The zero-order chi connectivity index (χ0) is 15.8. The van der Waals surface area contributed by atoms with Crippen LogP contribution in [0.5, 0.6) is 0 Å². The maximum Gasteiger partial charge on any atom is 0.00195 e. The van der Waals surface area contributed by atoms with Crippen LogP contribution in [-0.2, 0) is 10.8 Å². The van der Waals surface area contributed by atoms with Crippen LogP contribution in [0.2, 0.25) is 0 Å². The van der Waals surface area contributed by atoms with Crippen LogP contribution >= 0.6 is 0 Å². The molecular formula is C22H30. The molecule has 1 aromatic carbocycles. The molecule has 2 aliphatic carbocycles. The molecule has 0 saturated heterocycles. The number of benzene rings is 1. The van der Waals surface area contributed by atoms with Crippen LogP contribution in [0.1, 0.15) is 64.5 Å². The molecule has 22 heavy (non-hydrogen) atoms. The predicted molar refractivity (Wildman–Crippen MR) is 96.2 cm³/mol. The van der Waals surface area contributed by atoms with Crippen molar-refractivity contribution in [3.8, 4) is 0 Å². The minimum absolute atomic E-state index is 0.302. The first-order valence-corrected chi connectivity index (χ1v) is 9.15. The van der Waals surface area contributed by atoms with E-state index in [1.165, 1.54) is 25.7 Å². The van der Waals surface area contributed by atoms with Gasteiger partial charge in [0, 0.05) is 10.8 Å². The molecule has 0 fully saturated rings. The lowest BCUT2D eigenvalue weighted by molar-refractivity contribution is 0.125. The van der Waals surface area contributed by atoms with Gasteiger partial charge in [-0.05, 0) is 48.6 Å². The summed E-state index contributed by atoms with van der Waals surface area (Å²) >= 11 is 0. The Morgan fingerprint density at radius 2 is 1.05 bits per heavy atom. The van der Waals surface area contributed by atoms with E-state index >= 15 is 0 Å². The van der Waals surface area contributed by atoms with Gasteiger partial charge in [0.2, 0.25) is 0 Å². The van der Waals surface area contributed by atoms with Crippen molar-refractivity contribution in [2.75, 3.05) is 0 Å². The third kappa shape index (κ3) is 1.82. The molecule has 0 aliphatic heterocycles. The first-order chi connectivity index (χ1) is 10.7. The van der Waals surface area contributed by atoms with Gasteiger partial charge in [0.05, 0.1) is 0 Å². The Balaban J connectivity index is 2.33. The maximum absolute atomic E-state index is 2.51. The summed E-state index contributed by atoms with van der Waals surface area (Å²) in [5, 5.41) is 0. The SMILES string of the molecule is CCC1(CC)c2ccccc2C(CC)(CC)C2C=CC=CC21.